The topological polar surface area (TPSA) is 37.4 Å². The lowest BCUT2D eigenvalue weighted by Gasteiger charge is -2.27. The minimum Gasteiger partial charge on any atom is -0.207 e. The van der Waals surface area contributed by atoms with Gasteiger partial charge in [-0.2, -0.15) is 4.31 Å². The van der Waals surface area contributed by atoms with Crippen LogP contribution in [0.4, 0.5) is 4.39 Å². The molecule has 1 aromatic rings. The molecule has 0 heterocycles. The van der Waals surface area contributed by atoms with Gasteiger partial charge in [0.25, 0.3) is 0 Å². The number of halogens is 2. The van der Waals surface area contributed by atoms with Crippen molar-refractivity contribution in [3.8, 4) is 0 Å². The van der Waals surface area contributed by atoms with Gasteiger partial charge < -0.3 is 0 Å². The van der Waals surface area contributed by atoms with E-state index in [0.29, 0.717) is 11.9 Å². The van der Waals surface area contributed by atoms with Crippen molar-refractivity contribution >= 4 is 26.0 Å². The zero-order valence-electron chi connectivity index (χ0n) is 10.6. The smallest absolute Gasteiger partial charge is 0.207 e. The molecule has 106 valence electrons. The van der Waals surface area contributed by atoms with Crippen LogP contribution in [0, 0.1) is 5.82 Å². The predicted octanol–water partition coefficient (Wildman–Crippen LogP) is 3.15. The first-order chi connectivity index (χ1) is 9.07. The van der Waals surface area contributed by atoms with Gasteiger partial charge in [-0.05, 0) is 25.0 Å². The van der Waals surface area contributed by atoms with E-state index < -0.39 is 15.8 Å². The third-order valence-corrected chi connectivity index (χ3v) is 5.80. The highest BCUT2D eigenvalue weighted by molar-refractivity contribution is 9.09. The summed E-state index contributed by atoms with van der Waals surface area (Å²) in [6, 6.07) is 5.58. The van der Waals surface area contributed by atoms with Gasteiger partial charge in [-0.15, -0.1) is 0 Å². The number of alkyl halides is 1. The van der Waals surface area contributed by atoms with Gasteiger partial charge in [0, 0.05) is 17.9 Å². The Hall–Kier alpha value is -0.460. The van der Waals surface area contributed by atoms with Gasteiger partial charge in [0.05, 0.1) is 0 Å². The predicted molar refractivity (Wildman–Crippen MR) is 76.3 cm³/mol. The lowest BCUT2D eigenvalue weighted by Crippen LogP contribution is -2.40. The summed E-state index contributed by atoms with van der Waals surface area (Å²) in [7, 11) is -3.75. The van der Waals surface area contributed by atoms with Crippen molar-refractivity contribution in [2.24, 2.45) is 0 Å². The molecule has 2 rings (SSSR count). The Morgan fingerprint density at radius 2 is 1.89 bits per heavy atom. The number of nitrogens with zero attached hydrogens (tertiary/aromatic N) is 1. The molecule has 1 aliphatic carbocycles. The molecule has 1 saturated carbocycles. The van der Waals surface area contributed by atoms with Gasteiger partial charge in [0.2, 0.25) is 10.0 Å². The molecule has 0 bridgehead atoms. The number of rotatable bonds is 5. The first-order valence-electron chi connectivity index (χ1n) is 6.39. The molecular weight excluding hydrogens is 333 g/mol. The van der Waals surface area contributed by atoms with Gasteiger partial charge in [-0.1, -0.05) is 40.9 Å². The Balaban J connectivity index is 2.36. The van der Waals surface area contributed by atoms with E-state index in [1.165, 1.54) is 22.5 Å². The van der Waals surface area contributed by atoms with Crippen LogP contribution in [-0.2, 0) is 10.0 Å². The molecule has 19 heavy (non-hydrogen) atoms. The van der Waals surface area contributed by atoms with Crippen LogP contribution < -0.4 is 0 Å². The number of hydrogen-bond acceptors (Lipinski definition) is 2. The second-order valence-corrected chi connectivity index (χ2v) is 7.33. The minimum atomic E-state index is -3.75. The maximum absolute atomic E-state index is 13.8. The molecule has 1 aromatic carbocycles. The molecule has 1 fully saturated rings. The van der Waals surface area contributed by atoms with Crippen LogP contribution in [0.5, 0.6) is 0 Å². The molecule has 0 atom stereocenters. The summed E-state index contributed by atoms with van der Waals surface area (Å²) in [5.74, 6) is -0.680. The lowest BCUT2D eigenvalue weighted by atomic mass is 10.2. The zero-order valence-corrected chi connectivity index (χ0v) is 13.0. The summed E-state index contributed by atoms with van der Waals surface area (Å²) in [6.07, 6.45) is 3.80. The van der Waals surface area contributed by atoms with Crippen molar-refractivity contribution in [3.63, 3.8) is 0 Å². The van der Waals surface area contributed by atoms with Crippen molar-refractivity contribution in [1.29, 1.82) is 0 Å². The second-order valence-electron chi connectivity index (χ2n) is 4.67. The Bertz CT molecular complexity index is 529. The van der Waals surface area contributed by atoms with E-state index in [1.807, 2.05) is 0 Å². The Morgan fingerprint density at radius 3 is 2.47 bits per heavy atom. The van der Waals surface area contributed by atoms with Crippen molar-refractivity contribution in [2.75, 3.05) is 11.9 Å². The molecule has 0 aromatic heterocycles. The summed E-state index contributed by atoms with van der Waals surface area (Å²) in [4.78, 5) is -0.220. The molecule has 0 unspecified atom stereocenters. The van der Waals surface area contributed by atoms with Crippen LogP contribution >= 0.6 is 15.9 Å². The Morgan fingerprint density at radius 1 is 1.26 bits per heavy atom. The molecule has 0 radical (unpaired) electrons. The quantitative estimate of drug-likeness (QED) is 0.765. The molecule has 0 N–H and O–H groups in total. The van der Waals surface area contributed by atoms with Crippen molar-refractivity contribution in [3.05, 3.63) is 30.1 Å². The van der Waals surface area contributed by atoms with Gasteiger partial charge in [0.15, 0.2) is 0 Å². The molecule has 6 heteroatoms. The standard InChI is InChI=1S/C13H17BrFNO2S/c14-9-10-16(11-5-1-2-6-11)19(17,18)13-8-4-3-7-12(13)15/h3-4,7-8,11H,1-2,5-6,9-10H2. The third-order valence-electron chi connectivity index (χ3n) is 3.46. The van der Waals surface area contributed by atoms with Gasteiger partial charge in [0.1, 0.15) is 10.7 Å². The number of hydrogen-bond donors (Lipinski definition) is 0. The monoisotopic (exact) mass is 349 g/mol. The van der Waals surface area contributed by atoms with Gasteiger partial charge in [-0.25, -0.2) is 12.8 Å². The van der Waals surface area contributed by atoms with Crippen molar-refractivity contribution < 1.29 is 12.8 Å². The molecule has 3 nitrogen and oxygen atoms in total. The fraction of sp³-hybridized carbons (Fsp3) is 0.538. The molecule has 0 aliphatic heterocycles. The van der Waals surface area contributed by atoms with Crippen LogP contribution in [0.15, 0.2) is 29.2 Å². The van der Waals surface area contributed by atoms with E-state index in [2.05, 4.69) is 15.9 Å². The van der Waals surface area contributed by atoms with Crippen molar-refractivity contribution in [2.45, 2.75) is 36.6 Å². The maximum atomic E-state index is 13.8. The first kappa shape index (κ1) is 14.9. The number of sulfonamides is 1. The fourth-order valence-corrected chi connectivity index (χ4v) is 4.92. The normalized spacial score (nSPS) is 17.2. The number of benzene rings is 1. The van der Waals surface area contributed by atoms with Crippen LogP contribution in [0.25, 0.3) is 0 Å². The maximum Gasteiger partial charge on any atom is 0.246 e. The Labute approximate surface area is 122 Å². The third kappa shape index (κ3) is 3.17. The van der Waals surface area contributed by atoms with Crippen LogP contribution in [-0.4, -0.2) is 30.6 Å². The highest BCUT2D eigenvalue weighted by atomic mass is 79.9. The van der Waals surface area contributed by atoms with E-state index in [4.69, 9.17) is 0 Å². The summed E-state index contributed by atoms with van der Waals surface area (Å²) in [5.41, 5.74) is 0. The van der Waals surface area contributed by atoms with Crippen LogP contribution in [0.2, 0.25) is 0 Å². The van der Waals surface area contributed by atoms with E-state index >= 15 is 0 Å². The largest absolute Gasteiger partial charge is 0.246 e. The molecular formula is C13H17BrFNO2S. The second kappa shape index (κ2) is 6.33. The summed E-state index contributed by atoms with van der Waals surface area (Å²) in [5, 5.41) is 0.553. The van der Waals surface area contributed by atoms with Crippen LogP contribution in [0.3, 0.4) is 0 Å². The van der Waals surface area contributed by atoms with E-state index in [1.54, 1.807) is 6.07 Å². The zero-order chi connectivity index (χ0) is 13.9. The summed E-state index contributed by atoms with van der Waals surface area (Å²) >= 11 is 3.28. The lowest BCUT2D eigenvalue weighted by molar-refractivity contribution is 0.336. The fourth-order valence-electron chi connectivity index (χ4n) is 2.55. The van der Waals surface area contributed by atoms with E-state index in [0.717, 1.165) is 25.7 Å². The average molecular weight is 350 g/mol. The minimum absolute atomic E-state index is 0.00200. The van der Waals surface area contributed by atoms with Crippen LogP contribution in [0.1, 0.15) is 25.7 Å². The van der Waals surface area contributed by atoms with E-state index in [9.17, 15) is 12.8 Å². The summed E-state index contributed by atoms with van der Waals surface area (Å²) < 4.78 is 40.4. The van der Waals surface area contributed by atoms with Crippen molar-refractivity contribution in [1.82, 2.24) is 4.31 Å². The van der Waals surface area contributed by atoms with Gasteiger partial charge in [-0.3, -0.25) is 0 Å². The van der Waals surface area contributed by atoms with Gasteiger partial charge >= 0.3 is 0 Å². The molecule has 0 saturated heterocycles. The molecule has 1 aliphatic rings. The first-order valence-corrected chi connectivity index (χ1v) is 8.96. The highest BCUT2D eigenvalue weighted by Gasteiger charge is 2.34. The highest BCUT2D eigenvalue weighted by Crippen LogP contribution is 2.29. The van der Waals surface area contributed by atoms with E-state index in [-0.39, 0.29) is 10.9 Å². The Kier molecular flexibility index (Phi) is 4.97. The summed E-state index contributed by atoms with van der Waals surface area (Å²) in [6.45, 7) is 0.376. The molecule has 0 amide bonds. The SMILES string of the molecule is O=S(=O)(c1ccccc1F)N(CCBr)C1CCCC1. The average Bonchev–Trinajstić information content (AvgIpc) is 2.89. The molecule has 0 spiro atoms.